The van der Waals surface area contributed by atoms with Crippen molar-refractivity contribution in [3.05, 3.63) is 59.8 Å². The van der Waals surface area contributed by atoms with E-state index in [1.807, 2.05) is 32.1 Å². The van der Waals surface area contributed by atoms with Gasteiger partial charge >= 0.3 is 0 Å². The molecule has 2 N–H and O–H groups in total. The van der Waals surface area contributed by atoms with E-state index in [9.17, 15) is 10.2 Å². The van der Waals surface area contributed by atoms with Crippen LogP contribution in [0.25, 0.3) is 0 Å². The summed E-state index contributed by atoms with van der Waals surface area (Å²) in [4.78, 5) is 0. The van der Waals surface area contributed by atoms with E-state index in [0.717, 1.165) is 18.4 Å². The normalized spacial score (nSPS) is 17.2. The zero-order chi connectivity index (χ0) is 17.2. The Labute approximate surface area is 136 Å². The molecule has 0 fully saturated rings. The van der Waals surface area contributed by atoms with Gasteiger partial charge in [0.15, 0.2) is 0 Å². The Kier molecular flexibility index (Phi) is 9.71. The summed E-state index contributed by atoms with van der Waals surface area (Å²) in [5.41, 5.74) is 2.66. The van der Waals surface area contributed by atoms with Crippen molar-refractivity contribution in [2.24, 2.45) is 0 Å². The lowest BCUT2D eigenvalue weighted by Gasteiger charge is -2.11. The van der Waals surface area contributed by atoms with Crippen LogP contribution >= 0.6 is 0 Å². The molecule has 0 bridgehead atoms. The number of hydrogen-bond acceptors (Lipinski definition) is 2. The van der Waals surface area contributed by atoms with Gasteiger partial charge in [-0.1, -0.05) is 53.7 Å². The van der Waals surface area contributed by atoms with Crippen LogP contribution in [0.1, 0.15) is 53.9 Å². The van der Waals surface area contributed by atoms with Crippen molar-refractivity contribution in [3.63, 3.8) is 0 Å². The molecule has 0 aromatic heterocycles. The van der Waals surface area contributed by atoms with Crippen LogP contribution in [0.4, 0.5) is 0 Å². The van der Waals surface area contributed by atoms with Gasteiger partial charge in [0.1, 0.15) is 0 Å². The maximum absolute atomic E-state index is 9.84. The maximum Gasteiger partial charge on any atom is 0.0980 e. The summed E-state index contributed by atoms with van der Waals surface area (Å²) < 4.78 is 0. The number of allylic oxidation sites excluding steroid dienone is 5. The molecule has 0 heterocycles. The molecular formula is C20H32O2. The van der Waals surface area contributed by atoms with Gasteiger partial charge in [0.05, 0.1) is 11.7 Å². The third kappa shape index (κ3) is 11.3. The van der Waals surface area contributed by atoms with Crippen molar-refractivity contribution < 1.29 is 10.2 Å². The Hall–Kier alpha value is -1.38. The zero-order valence-electron chi connectivity index (χ0n) is 14.8. The quantitative estimate of drug-likeness (QED) is 0.471. The highest BCUT2D eigenvalue weighted by Gasteiger charge is 2.08. The van der Waals surface area contributed by atoms with Crippen LogP contribution < -0.4 is 0 Å². The van der Waals surface area contributed by atoms with Crippen LogP contribution in [0.3, 0.4) is 0 Å². The molecule has 2 atom stereocenters. The van der Waals surface area contributed by atoms with E-state index in [-0.39, 0.29) is 6.10 Å². The third-order valence-electron chi connectivity index (χ3n) is 3.32. The Bertz CT molecular complexity index is 458. The second-order valence-corrected chi connectivity index (χ2v) is 6.41. The number of aliphatic hydroxyl groups is 2. The van der Waals surface area contributed by atoms with E-state index in [2.05, 4.69) is 26.5 Å². The molecule has 0 aliphatic carbocycles. The second kappa shape index (κ2) is 10.4. The minimum atomic E-state index is -0.950. The molecule has 124 valence electrons. The first kappa shape index (κ1) is 20.6. The van der Waals surface area contributed by atoms with Crippen molar-refractivity contribution in [3.8, 4) is 0 Å². The van der Waals surface area contributed by atoms with Crippen LogP contribution in [0, 0.1) is 0 Å². The molecule has 0 amide bonds. The number of hydrogen-bond donors (Lipinski definition) is 2. The van der Waals surface area contributed by atoms with Gasteiger partial charge in [0, 0.05) is 0 Å². The predicted octanol–water partition coefficient (Wildman–Crippen LogP) is 4.87. The molecule has 0 saturated heterocycles. The zero-order valence-corrected chi connectivity index (χ0v) is 14.8. The van der Waals surface area contributed by atoms with E-state index in [1.165, 1.54) is 17.2 Å². The average Bonchev–Trinajstić information content (AvgIpc) is 2.37. The van der Waals surface area contributed by atoms with Gasteiger partial charge in [-0.25, -0.2) is 0 Å². The van der Waals surface area contributed by atoms with Gasteiger partial charge in [0.2, 0.25) is 0 Å². The van der Waals surface area contributed by atoms with E-state index in [1.54, 1.807) is 13.0 Å². The summed E-state index contributed by atoms with van der Waals surface area (Å²) in [6.45, 7) is 13.4. The van der Waals surface area contributed by atoms with Crippen LogP contribution in [-0.4, -0.2) is 21.9 Å². The lowest BCUT2D eigenvalue weighted by molar-refractivity contribution is 0.164. The first-order valence-electron chi connectivity index (χ1n) is 7.86. The maximum atomic E-state index is 9.84. The summed E-state index contributed by atoms with van der Waals surface area (Å²) >= 11 is 0. The highest BCUT2D eigenvalue weighted by molar-refractivity contribution is 5.18. The van der Waals surface area contributed by atoms with Gasteiger partial charge < -0.3 is 10.2 Å². The van der Waals surface area contributed by atoms with Crippen molar-refractivity contribution in [2.45, 2.75) is 65.6 Å². The highest BCUT2D eigenvalue weighted by atomic mass is 16.3. The molecule has 0 aliphatic heterocycles. The fourth-order valence-corrected chi connectivity index (χ4v) is 1.96. The van der Waals surface area contributed by atoms with Crippen LogP contribution in [0.2, 0.25) is 0 Å². The largest absolute Gasteiger partial charge is 0.389 e. The van der Waals surface area contributed by atoms with E-state index >= 15 is 0 Å². The molecule has 2 nitrogen and oxygen atoms in total. The summed E-state index contributed by atoms with van der Waals surface area (Å²) in [5, 5.41) is 19.6. The van der Waals surface area contributed by atoms with Crippen LogP contribution in [0.5, 0.6) is 0 Å². The molecular weight excluding hydrogens is 272 g/mol. The fourth-order valence-electron chi connectivity index (χ4n) is 1.96. The summed E-state index contributed by atoms with van der Waals surface area (Å²) in [7, 11) is 0. The summed E-state index contributed by atoms with van der Waals surface area (Å²) in [6.07, 6.45) is 13.4. The number of aliphatic hydroxyl groups excluding tert-OH is 1. The molecule has 0 saturated carbocycles. The molecule has 0 rings (SSSR count). The van der Waals surface area contributed by atoms with Crippen molar-refractivity contribution >= 4 is 0 Å². The Morgan fingerprint density at radius 3 is 2.36 bits per heavy atom. The molecule has 1 unspecified atom stereocenters. The molecule has 0 radical (unpaired) electrons. The first-order chi connectivity index (χ1) is 10.2. The van der Waals surface area contributed by atoms with Gasteiger partial charge in [-0.3, -0.25) is 0 Å². The molecule has 22 heavy (non-hydrogen) atoms. The molecule has 0 spiro atoms. The fraction of sp³-hybridized carbons (Fsp3) is 0.500. The Morgan fingerprint density at radius 2 is 1.82 bits per heavy atom. The Balaban J connectivity index is 4.30. The summed E-state index contributed by atoms with van der Waals surface area (Å²) in [6, 6.07) is 0. The third-order valence-corrected chi connectivity index (χ3v) is 3.32. The average molecular weight is 304 g/mol. The number of rotatable bonds is 9. The van der Waals surface area contributed by atoms with Gasteiger partial charge in [-0.15, -0.1) is 0 Å². The van der Waals surface area contributed by atoms with Crippen molar-refractivity contribution in [1.29, 1.82) is 0 Å². The van der Waals surface area contributed by atoms with Crippen LogP contribution in [0.15, 0.2) is 59.8 Å². The smallest absolute Gasteiger partial charge is 0.0980 e. The monoisotopic (exact) mass is 304 g/mol. The molecule has 0 aliphatic rings. The van der Waals surface area contributed by atoms with Crippen molar-refractivity contribution in [1.82, 2.24) is 0 Å². The predicted molar refractivity (Wildman–Crippen MR) is 96.8 cm³/mol. The molecule has 2 heteroatoms. The SMILES string of the molecule is C=CC(C)(O)/C=C/C=C(\C)CC/C=C(\C)C[C@@H](O)C=C(C)C. The lowest BCUT2D eigenvalue weighted by Crippen LogP contribution is -2.15. The first-order valence-corrected chi connectivity index (χ1v) is 7.86. The van der Waals surface area contributed by atoms with Gasteiger partial charge in [-0.05, 0) is 60.0 Å². The van der Waals surface area contributed by atoms with E-state index in [4.69, 9.17) is 0 Å². The second-order valence-electron chi connectivity index (χ2n) is 6.41. The Morgan fingerprint density at radius 1 is 1.18 bits per heavy atom. The van der Waals surface area contributed by atoms with E-state index < -0.39 is 5.60 Å². The summed E-state index contributed by atoms with van der Waals surface area (Å²) in [5.74, 6) is 0. The topological polar surface area (TPSA) is 40.5 Å². The molecule has 0 aromatic rings. The van der Waals surface area contributed by atoms with Gasteiger partial charge in [0.25, 0.3) is 0 Å². The highest BCUT2D eigenvalue weighted by Crippen LogP contribution is 2.12. The van der Waals surface area contributed by atoms with E-state index in [0.29, 0.717) is 6.42 Å². The standard InChI is InChI=1S/C20H32O2/c1-7-20(6,22)13-9-12-17(4)10-8-11-18(5)15-19(21)14-16(2)3/h7,9,11-14,19,21-22H,1,8,10,15H2,2-6H3/b13-9+,17-12+,18-11+/t19-,20?/m0/s1. The van der Waals surface area contributed by atoms with Crippen molar-refractivity contribution in [2.75, 3.05) is 0 Å². The minimum Gasteiger partial charge on any atom is -0.389 e. The molecule has 0 aromatic carbocycles. The van der Waals surface area contributed by atoms with Crippen LogP contribution in [-0.2, 0) is 0 Å². The van der Waals surface area contributed by atoms with Gasteiger partial charge in [-0.2, -0.15) is 0 Å². The minimum absolute atomic E-state index is 0.387. The lowest BCUT2D eigenvalue weighted by atomic mass is 10.0.